The number of aromatic carboxylic acids is 1. The third kappa shape index (κ3) is 3.83. The number of halogens is 2. The summed E-state index contributed by atoms with van der Waals surface area (Å²) in [6.45, 7) is 0. The molecule has 2 aromatic heterocycles. The van der Waals surface area contributed by atoms with Crippen LogP contribution in [0.15, 0.2) is 35.5 Å². The Morgan fingerprint density at radius 3 is 2.79 bits per heavy atom. The quantitative estimate of drug-likeness (QED) is 0.687. The van der Waals surface area contributed by atoms with Gasteiger partial charge in [0.1, 0.15) is 10.8 Å². The van der Waals surface area contributed by atoms with Crippen LogP contribution in [0, 0.1) is 0 Å². The standard InChI is InChI=1S/C12H8Cl2N2O2S/c13-9-4-11(14)16-5-7(9)6-19-8-1-2-15-10(3-8)12(17)18/h1-5H,6H2,(H,17,18). The number of carbonyl (C=O) groups is 1. The Morgan fingerprint density at radius 2 is 2.11 bits per heavy atom. The summed E-state index contributed by atoms with van der Waals surface area (Å²) < 4.78 is 0. The fourth-order valence-electron chi connectivity index (χ4n) is 1.32. The molecule has 1 N–H and O–H groups in total. The van der Waals surface area contributed by atoms with Crippen molar-refractivity contribution in [3.8, 4) is 0 Å². The number of nitrogens with zero attached hydrogens (tertiary/aromatic N) is 2. The summed E-state index contributed by atoms with van der Waals surface area (Å²) in [6.07, 6.45) is 3.07. The van der Waals surface area contributed by atoms with Crippen LogP contribution in [0.3, 0.4) is 0 Å². The minimum Gasteiger partial charge on any atom is -0.477 e. The molecule has 0 aromatic carbocycles. The molecular formula is C12H8Cl2N2O2S. The highest BCUT2D eigenvalue weighted by atomic mass is 35.5. The maximum absolute atomic E-state index is 10.8. The lowest BCUT2D eigenvalue weighted by atomic mass is 10.3. The average molecular weight is 315 g/mol. The molecule has 7 heteroatoms. The smallest absolute Gasteiger partial charge is 0.354 e. The zero-order valence-corrected chi connectivity index (χ0v) is 11.8. The summed E-state index contributed by atoms with van der Waals surface area (Å²) in [7, 11) is 0. The predicted octanol–water partition coefficient (Wildman–Crippen LogP) is 3.77. The lowest BCUT2D eigenvalue weighted by Crippen LogP contribution is -1.99. The van der Waals surface area contributed by atoms with Crippen molar-refractivity contribution in [2.24, 2.45) is 0 Å². The molecule has 0 spiro atoms. The first-order valence-corrected chi connectivity index (χ1v) is 6.92. The van der Waals surface area contributed by atoms with E-state index >= 15 is 0 Å². The van der Waals surface area contributed by atoms with Crippen LogP contribution in [0.2, 0.25) is 10.2 Å². The number of aromatic nitrogens is 2. The molecule has 0 aliphatic rings. The second-order valence-electron chi connectivity index (χ2n) is 3.57. The van der Waals surface area contributed by atoms with E-state index < -0.39 is 5.97 Å². The number of hydrogen-bond acceptors (Lipinski definition) is 4. The zero-order valence-electron chi connectivity index (χ0n) is 9.51. The van der Waals surface area contributed by atoms with Crippen LogP contribution in [0.25, 0.3) is 0 Å². The number of rotatable bonds is 4. The molecule has 0 saturated heterocycles. The van der Waals surface area contributed by atoms with E-state index in [1.165, 1.54) is 24.0 Å². The van der Waals surface area contributed by atoms with Gasteiger partial charge in [0.25, 0.3) is 0 Å². The zero-order chi connectivity index (χ0) is 13.8. The van der Waals surface area contributed by atoms with Gasteiger partial charge in [0.2, 0.25) is 0 Å². The topological polar surface area (TPSA) is 63.1 Å². The van der Waals surface area contributed by atoms with Crippen LogP contribution in [0.1, 0.15) is 16.1 Å². The van der Waals surface area contributed by atoms with Gasteiger partial charge in [-0.2, -0.15) is 0 Å². The van der Waals surface area contributed by atoms with Crippen LogP contribution < -0.4 is 0 Å². The first-order chi connectivity index (χ1) is 9.06. The maximum Gasteiger partial charge on any atom is 0.354 e. The highest BCUT2D eigenvalue weighted by Gasteiger charge is 2.07. The molecule has 0 amide bonds. The van der Waals surface area contributed by atoms with Crippen molar-refractivity contribution < 1.29 is 9.90 Å². The van der Waals surface area contributed by atoms with Crippen LogP contribution in [-0.2, 0) is 5.75 Å². The van der Waals surface area contributed by atoms with Crippen molar-refractivity contribution in [3.63, 3.8) is 0 Å². The highest BCUT2D eigenvalue weighted by molar-refractivity contribution is 7.98. The first kappa shape index (κ1) is 14.1. The Balaban J connectivity index is 2.10. The molecule has 2 rings (SSSR count). The van der Waals surface area contributed by atoms with Gasteiger partial charge < -0.3 is 5.11 Å². The average Bonchev–Trinajstić information content (AvgIpc) is 2.38. The second-order valence-corrected chi connectivity index (χ2v) is 5.41. The number of hydrogen-bond donors (Lipinski definition) is 1. The second kappa shape index (κ2) is 6.23. The van der Waals surface area contributed by atoms with E-state index in [4.69, 9.17) is 28.3 Å². The molecule has 0 fully saturated rings. The largest absolute Gasteiger partial charge is 0.477 e. The third-order valence-corrected chi connectivity index (χ3v) is 3.84. The molecule has 19 heavy (non-hydrogen) atoms. The summed E-state index contributed by atoms with van der Waals surface area (Å²) in [5.41, 5.74) is 0.857. The van der Waals surface area contributed by atoms with E-state index in [1.807, 2.05) is 0 Å². The maximum atomic E-state index is 10.8. The van der Waals surface area contributed by atoms with Gasteiger partial charge in [-0.3, -0.25) is 0 Å². The van der Waals surface area contributed by atoms with Crippen molar-refractivity contribution in [2.45, 2.75) is 10.6 Å². The molecule has 98 valence electrons. The lowest BCUT2D eigenvalue weighted by molar-refractivity contribution is 0.0690. The monoisotopic (exact) mass is 314 g/mol. The SMILES string of the molecule is O=C(O)c1cc(SCc2cnc(Cl)cc2Cl)ccn1. The molecule has 0 aliphatic heterocycles. The minimum absolute atomic E-state index is 0.0188. The van der Waals surface area contributed by atoms with E-state index in [0.29, 0.717) is 15.9 Å². The van der Waals surface area contributed by atoms with E-state index in [-0.39, 0.29) is 5.69 Å². The molecule has 0 atom stereocenters. The molecule has 2 aromatic rings. The molecule has 0 bridgehead atoms. The predicted molar refractivity (Wildman–Crippen MR) is 75.0 cm³/mol. The molecular weight excluding hydrogens is 307 g/mol. The van der Waals surface area contributed by atoms with Crippen molar-refractivity contribution in [1.29, 1.82) is 0 Å². The summed E-state index contributed by atoms with van der Waals surface area (Å²) in [6, 6.07) is 4.84. The lowest BCUT2D eigenvalue weighted by Gasteiger charge is -2.04. The van der Waals surface area contributed by atoms with Gasteiger partial charge in [0, 0.05) is 28.1 Å². The molecule has 0 saturated carbocycles. The molecule has 4 nitrogen and oxygen atoms in total. The van der Waals surface area contributed by atoms with Crippen LogP contribution in [0.4, 0.5) is 0 Å². The van der Waals surface area contributed by atoms with Gasteiger partial charge in [0.05, 0.1) is 0 Å². The fourth-order valence-corrected chi connectivity index (χ4v) is 2.74. The number of thioether (sulfide) groups is 1. The first-order valence-electron chi connectivity index (χ1n) is 5.18. The van der Waals surface area contributed by atoms with Gasteiger partial charge in [-0.05, 0) is 23.8 Å². The summed E-state index contributed by atoms with van der Waals surface area (Å²) >= 11 is 13.2. The van der Waals surface area contributed by atoms with Gasteiger partial charge in [-0.1, -0.05) is 23.2 Å². The molecule has 0 unspecified atom stereocenters. The Bertz CT molecular complexity index is 622. The Kier molecular flexibility index (Phi) is 4.63. The fraction of sp³-hybridized carbons (Fsp3) is 0.0833. The van der Waals surface area contributed by atoms with Gasteiger partial charge in [0.15, 0.2) is 0 Å². The van der Waals surface area contributed by atoms with Gasteiger partial charge in [-0.15, -0.1) is 11.8 Å². The number of pyridine rings is 2. The van der Waals surface area contributed by atoms with E-state index in [1.54, 1.807) is 18.3 Å². The van der Waals surface area contributed by atoms with Crippen molar-refractivity contribution in [2.75, 3.05) is 0 Å². The molecule has 2 heterocycles. The Labute approximate surface area is 123 Å². The van der Waals surface area contributed by atoms with Crippen molar-refractivity contribution in [1.82, 2.24) is 9.97 Å². The number of carboxylic acid groups (broad SMARTS) is 1. The van der Waals surface area contributed by atoms with Gasteiger partial charge in [-0.25, -0.2) is 14.8 Å². The van der Waals surface area contributed by atoms with Crippen molar-refractivity contribution >= 4 is 40.9 Å². The summed E-state index contributed by atoms with van der Waals surface area (Å²) in [5.74, 6) is -0.472. The van der Waals surface area contributed by atoms with Crippen molar-refractivity contribution in [3.05, 3.63) is 52.0 Å². The van der Waals surface area contributed by atoms with Crippen LogP contribution in [-0.4, -0.2) is 21.0 Å². The summed E-state index contributed by atoms with van der Waals surface area (Å²) in [5, 5.41) is 9.74. The van der Waals surface area contributed by atoms with E-state index in [2.05, 4.69) is 9.97 Å². The van der Waals surface area contributed by atoms with Gasteiger partial charge >= 0.3 is 5.97 Å². The summed E-state index contributed by atoms with van der Waals surface area (Å²) in [4.78, 5) is 19.3. The van der Waals surface area contributed by atoms with E-state index in [0.717, 1.165) is 10.5 Å². The normalized spacial score (nSPS) is 10.4. The van der Waals surface area contributed by atoms with Crippen LogP contribution >= 0.6 is 35.0 Å². The molecule has 0 aliphatic carbocycles. The van der Waals surface area contributed by atoms with E-state index in [9.17, 15) is 4.79 Å². The molecule has 0 radical (unpaired) electrons. The number of carboxylic acids is 1. The van der Waals surface area contributed by atoms with Crippen LogP contribution in [0.5, 0.6) is 0 Å². The minimum atomic E-state index is -1.05. The Hall–Kier alpha value is -1.30. The highest BCUT2D eigenvalue weighted by Crippen LogP contribution is 2.27. The Morgan fingerprint density at radius 1 is 1.32 bits per heavy atom. The third-order valence-electron chi connectivity index (χ3n) is 2.24.